The summed E-state index contributed by atoms with van der Waals surface area (Å²) >= 11 is 0. The highest BCUT2D eigenvalue weighted by Crippen LogP contribution is 2.22. The number of carbonyl (C=O) groups excluding carboxylic acids is 1. The van der Waals surface area contributed by atoms with Crippen LogP contribution >= 0.6 is 0 Å². The maximum Gasteiger partial charge on any atom is 0.223 e. The number of rotatable bonds is 7. The number of hydrogen-bond donors (Lipinski definition) is 0. The van der Waals surface area contributed by atoms with Crippen LogP contribution in [0.15, 0.2) is 28.8 Å². The molecule has 152 valence electrons. The molecule has 1 aromatic heterocycles. The molecule has 0 spiro atoms. The molecule has 3 rings (SSSR count). The van der Waals surface area contributed by atoms with Gasteiger partial charge in [-0.05, 0) is 18.9 Å². The fraction of sp³-hybridized carbons (Fsp3) is 0.526. The number of hydrogen-bond acceptors (Lipinski definition) is 6. The fourth-order valence-electron chi connectivity index (χ4n) is 3.46. The summed E-state index contributed by atoms with van der Waals surface area (Å²) in [7, 11) is -3.43. The highest BCUT2D eigenvalue weighted by molar-refractivity contribution is 7.88. The van der Waals surface area contributed by atoms with Gasteiger partial charge in [0.1, 0.15) is 0 Å². The first-order valence-electron chi connectivity index (χ1n) is 9.34. The van der Waals surface area contributed by atoms with Crippen LogP contribution in [0.3, 0.4) is 0 Å². The number of aromatic nitrogens is 2. The number of amides is 1. The Morgan fingerprint density at radius 3 is 2.61 bits per heavy atom. The molecule has 1 amide bonds. The number of aryl methyl sites for hydroxylation is 2. The smallest absolute Gasteiger partial charge is 0.223 e. The number of carbonyl (C=O) groups is 1. The lowest BCUT2D eigenvalue weighted by Gasteiger charge is -2.27. The van der Waals surface area contributed by atoms with Crippen LogP contribution in [0.5, 0.6) is 0 Å². The first kappa shape index (κ1) is 20.5. The predicted molar refractivity (Wildman–Crippen MR) is 104 cm³/mol. The van der Waals surface area contributed by atoms with Gasteiger partial charge in [0, 0.05) is 45.9 Å². The zero-order chi connectivity index (χ0) is 20.3. The Balaban J connectivity index is 1.62. The van der Waals surface area contributed by atoms with Gasteiger partial charge in [-0.15, -0.1) is 0 Å². The second-order valence-electron chi connectivity index (χ2n) is 7.23. The molecule has 2 aromatic rings. The van der Waals surface area contributed by atoms with Crippen molar-refractivity contribution in [3.8, 4) is 0 Å². The van der Waals surface area contributed by atoms with E-state index in [1.165, 1.54) is 11.2 Å². The van der Waals surface area contributed by atoms with Gasteiger partial charge in [0.25, 0.3) is 0 Å². The van der Waals surface area contributed by atoms with Gasteiger partial charge in [-0.2, -0.15) is 9.29 Å². The van der Waals surface area contributed by atoms with Gasteiger partial charge in [-0.3, -0.25) is 4.79 Å². The van der Waals surface area contributed by atoms with Gasteiger partial charge >= 0.3 is 0 Å². The lowest BCUT2D eigenvalue weighted by Crippen LogP contribution is -2.43. The van der Waals surface area contributed by atoms with Gasteiger partial charge in [0.15, 0.2) is 5.82 Å². The number of nitrogens with zero attached hydrogens (tertiary/aromatic N) is 4. The topological polar surface area (TPSA) is 96.6 Å². The molecular formula is C19H26N4O4S. The van der Waals surface area contributed by atoms with Crippen LogP contribution in [0.1, 0.15) is 36.2 Å². The Kier molecular flexibility index (Phi) is 6.14. The summed E-state index contributed by atoms with van der Waals surface area (Å²) in [5.74, 6) is 0.926. The van der Waals surface area contributed by atoms with E-state index in [1.807, 2.05) is 31.2 Å². The van der Waals surface area contributed by atoms with Gasteiger partial charge in [-0.25, -0.2) is 8.42 Å². The summed E-state index contributed by atoms with van der Waals surface area (Å²) in [6.45, 7) is 6.36. The summed E-state index contributed by atoms with van der Waals surface area (Å²) in [6.07, 6.45) is 1.10. The van der Waals surface area contributed by atoms with E-state index >= 15 is 0 Å². The minimum absolute atomic E-state index is 0.0256. The first-order chi connectivity index (χ1) is 13.2. The molecule has 1 atom stereocenters. The largest absolute Gasteiger partial charge is 0.340 e. The average molecular weight is 407 g/mol. The molecular weight excluding hydrogens is 380 g/mol. The van der Waals surface area contributed by atoms with E-state index in [1.54, 1.807) is 11.8 Å². The van der Waals surface area contributed by atoms with E-state index in [4.69, 9.17) is 4.52 Å². The quantitative estimate of drug-likeness (QED) is 0.694. The monoisotopic (exact) mass is 406 g/mol. The van der Waals surface area contributed by atoms with Gasteiger partial charge in [0.2, 0.25) is 21.8 Å². The summed E-state index contributed by atoms with van der Waals surface area (Å²) in [6, 6.07) is 7.37. The van der Waals surface area contributed by atoms with Crippen LogP contribution < -0.4 is 0 Å². The Hall–Kier alpha value is -2.26. The third-order valence-electron chi connectivity index (χ3n) is 4.98. The van der Waals surface area contributed by atoms with Crippen molar-refractivity contribution in [3.63, 3.8) is 0 Å². The van der Waals surface area contributed by atoms with Crippen molar-refractivity contribution >= 4 is 15.9 Å². The van der Waals surface area contributed by atoms with Gasteiger partial charge < -0.3 is 9.42 Å². The number of benzene rings is 1. The molecule has 8 nitrogen and oxygen atoms in total. The molecule has 0 radical (unpaired) electrons. The SMILES string of the molecule is CC(=O)N(CCc1noc(C)n1)C1CCN(S(=O)(=O)Cc2ccc(C)cc2)C1. The van der Waals surface area contributed by atoms with Crippen molar-refractivity contribution in [3.05, 3.63) is 47.1 Å². The standard InChI is InChI=1S/C19H26N4O4S/c1-14-4-6-17(7-5-14)13-28(25,26)22-10-8-18(12-22)23(16(3)24)11-9-19-20-15(2)27-21-19/h4-7,18H,8-13H2,1-3H3. The van der Waals surface area contributed by atoms with E-state index in [0.29, 0.717) is 44.2 Å². The maximum absolute atomic E-state index is 12.8. The highest BCUT2D eigenvalue weighted by atomic mass is 32.2. The molecule has 0 aliphatic carbocycles. The molecule has 1 aliphatic rings. The lowest BCUT2D eigenvalue weighted by atomic mass is 10.2. The average Bonchev–Trinajstić information content (AvgIpc) is 3.27. The lowest BCUT2D eigenvalue weighted by molar-refractivity contribution is -0.130. The van der Waals surface area contributed by atoms with Crippen molar-refractivity contribution in [2.75, 3.05) is 19.6 Å². The second kappa shape index (κ2) is 8.40. The normalized spacial score (nSPS) is 17.8. The molecule has 28 heavy (non-hydrogen) atoms. The summed E-state index contributed by atoms with van der Waals surface area (Å²) in [5.41, 5.74) is 1.86. The van der Waals surface area contributed by atoms with Crippen molar-refractivity contribution in [2.24, 2.45) is 0 Å². The Labute approximate surface area is 165 Å². The minimum atomic E-state index is -3.43. The molecule has 1 fully saturated rings. The molecule has 0 N–H and O–H groups in total. The molecule has 0 saturated carbocycles. The third-order valence-corrected chi connectivity index (χ3v) is 6.80. The summed E-state index contributed by atoms with van der Waals surface area (Å²) in [4.78, 5) is 18.0. The van der Waals surface area contributed by atoms with E-state index in [-0.39, 0.29) is 17.7 Å². The summed E-state index contributed by atoms with van der Waals surface area (Å²) < 4.78 is 32.0. The maximum atomic E-state index is 12.8. The van der Waals surface area contributed by atoms with Crippen LogP contribution in [0.4, 0.5) is 0 Å². The van der Waals surface area contributed by atoms with Crippen molar-refractivity contribution in [1.29, 1.82) is 0 Å². The Bertz CT molecular complexity index is 924. The second-order valence-corrected chi connectivity index (χ2v) is 9.20. The highest BCUT2D eigenvalue weighted by Gasteiger charge is 2.35. The first-order valence-corrected chi connectivity index (χ1v) is 11.0. The molecule has 9 heteroatoms. The van der Waals surface area contributed by atoms with Gasteiger partial charge in [0.05, 0.1) is 5.75 Å². The Morgan fingerprint density at radius 1 is 1.29 bits per heavy atom. The predicted octanol–water partition coefficient (Wildman–Crippen LogP) is 1.68. The third kappa shape index (κ3) is 4.96. The fourth-order valence-corrected chi connectivity index (χ4v) is 5.04. The number of sulfonamides is 1. The molecule has 1 aromatic carbocycles. The van der Waals surface area contributed by atoms with E-state index < -0.39 is 10.0 Å². The van der Waals surface area contributed by atoms with Crippen LogP contribution in [-0.2, 0) is 27.0 Å². The van der Waals surface area contributed by atoms with Crippen LogP contribution in [0.25, 0.3) is 0 Å². The van der Waals surface area contributed by atoms with Gasteiger partial charge in [-0.1, -0.05) is 35.0 Å². The zero-order valence-electron chi connectivity index (χ0n) is 16.5. The van der Waals surface area contributed by atoms with E-state index in [9.17, 15) is 13.2 Å². The van der Waals surface area contributed by atoms with Crippen molar-refractivity contribution in [1.82, 2.24) is 19.3 Å². The summed E-state index contributed by atoms with van der Waals surface area (Å²) in [5, 5.41) is 3.85. The van der Waals surface area contributed by atoms with Crippen LogP contribution in [0.2, 0.25) is 0 Å². The van der Waals surface area contributed by atoms with Crippen LogP contribution in [0, 0.1) is 13.8 Å². The molecule has 2 heterocycles. The van der Waals surface area contributed by atoms with Crippen molar-refractivity contribution < 1.29 is 17.7 Å². The van der Waals surface area contributed by atoms with Crippen LogP contribution in [-0.4, -0.2) is 59.3 Å². The zero-order valence-corrected chi connectivity index (χ0v) is 17.3. The minimum Gasteiger partial charge on any atom is -0.340 e. The Morgan fingerprint density at radius 2 is 2.00 bits per heavy atom. The van der Waals surface area contributed by atoms with Crippen molar-refractivity contribution in [2.45, 2.75) is 45.4 Å². The molecule has 0 bridgehead atoms. The van der Waals surface area contributed by atoms with E-state index in [2.05, 4.69) is 10.1 Å². The molecule has 1 aliphatic heterocycles. The molecule has 1 unspecified atom stereocenters. The van der Waals surface area contributed by atoms with E-state index in [0.717, 1.165) is 11.1 Å². The molecule has 1 saturated heterocycles.